The van der Waals surface area contributed by atoms with E-state index in [4.69, 9.17) is 10.5 Å². The fraction of sp³-hybridized carbons (Fsp3) is 0.182. The average molecular weight is 191 g/mol. The van der Waals surface area contributed by atoms with Gasteiger partial charge in [0.1, 0.15) is 6.61 Å². The lowest BCUT2D eigenvalue weighted by Gasteiger charge is -2.05. The molecule has 74 valence electrons. The fourth-order valence-corrected chi connectivity index (χ4v) is 0.949. The molecule has 1 rings (SSSR count). The van der Waals surface area contributed by atoms with Crippen molar-refractivity contribution in [3.63, 3.8) is 0 Å². The van der Waals surface area contributed by atoms with Crippen molar-refractivity contribution in [1.82, 2.24) is 0 Å². The highest BCUT2D eigenvalue weighted by Gasteiger charge is 2.09. The first-order chi connectivity index (χ1) is 6.61. The molecule has 2 N–H and O–H groups in total. The number of nitrogen functional groups attached to an aromatic ring is 1. The van der Waals surface area contributed by atoms with Crippen LogP contribution >= 0.6 is 0 Å². The number of esters is 1. The Hall–Kier alpha value is -1.77. The van der Waals surface area contributed by atoms with Gasteiger partial charge in [-0.3, -0.25) is 0 Å². The summed E-state index contributed by atoms with van der Waals surface area (Å²) in [6.45, 7) is 5.66. The van der Waals surface area contributed by atoms with E-state index in [1.807, 2.05) is 0 Å². The monoisotopic (exact) mass is 191 g/mol. The number of carbonyl (C=O) groups excluding carboxylic acids is 1. The second-order valence-electron chi connectivity index (χ2n) is 3.12. The first kappa shape index (κ1) is 10.3. The maximum atomic E-state index is 11.4. The molecule has 0 bridgehead atoms. The van der Waals surface area contributed by atoms with Gasteiger partial charge < -0.3 is 10.5 Å². The fourth-order valence-electron chi connectivity index (χ4n) is 0.949. The molecule has 0 aliphatic carbocycles. The van der Waals surface area contributed by atoms with Gasteiger partial charge in [0, 0.05) is 5.69 Å². The molecule has 0 fully saturated rings. The molecule has 0 atom stereocenters. The van der Waals surface area contributed by atoms with Crippen LogP contribution in [0.2, 0.25) is 0 Å². The summed E-state index contributed by atoms with van der Waals surface area (Å²) in [6.07, 6.45) is 0. The van der Waals surface area contributed by atoms with Crippen molar-refractivity contribution in [1.29, 1.82) is 0 Å². The molecule has 0 aromatic heterocycles. The molecular weight excluding hydrogens is 178 g/mol. The Kier molecular flexibility index (Phi) is 3.29. The van der Waals surface area contributed by atoms with Gasteiger partial charge in [-0.2, -0.15) is 0 Å². The molecule has 1 aromatic rings. The zero-order chi connectivity index (χ0) is 10.6. The largest absolute Gasteiger partial charge is 0.458 e. The quantitative estimate of drug-likeness (QED) is 0.451. The lowest BCUT2D eigenvalue weighted by Crippen LogP contribution is -2.09. The van der Waals surface area contributed by atoms with Crippen LogP contribution in [0.5, 0.6) is 0 Å². The maximum absolute atomic E-state index is 11.4. The van der Waals surface area contributed by atoms with Crippen molar-refractivity contribution in [2.45, 2.75) is 6.92 Å². The van der Waals surface area contributed by atoms with E-state index in [9.17, 15) is 4.79 Å². The van der Waals surface area contributed by atoms with Crippen molar-refractivity contribution >= 4 is 11.7 Å². The molecule has 3 heteroatoms. The zero-order valence-corrected chi connectivity index (χ0v) is 8.12. The third-order valence-corrected chi connectivity index (χ3v) is 1.63. The number of ether oxygens (including phenoxy) is 1. The molecule has 0 amide bonds. The lowest BCUT2D eigenvalue weighted by molar-refractivity contribution is 0.0541. The summed E-state index contributed by atoms with van der Waals surface area (Å²) in [7, 11) is 0. The molecule has 0 saturated heterocycles. The SMILES string of the molecule is C=C(C)COC(=O)c1ccccc1N. The first-order valence-corrected chi connectivity index (χ1v) is 4.27. The second kappa shape index (κ2) is 4.46. The van der Waals surface area contributed by atoms with E-state index in [1.54, 1.807) is 31.2 Å². The van der Waals surface area contributed by atoms with Crippen LogP contribution in [0, 0.1) is 0 Å². The van der Waals surface area contributed by atoms with E-state index in [2.05, 4.69) is 6.58 Å². The van der Waals surface area contributed by atoms with E-state index in [1.165, 1.54) is 0 Å². The predicted octanol–water partition coefficient (Wildman–Crippen LogP) is 2.00. The van der Waals surface area contributed by atoms with Gasteiger partial charge in [0.05, 0.1) is 5.56 Å². The molecular formula is C11H13NO2. The Labute approximate surface area is 83.2 Å². The molecule has 0 spiro atoms. The van der Waals surface area contributed by atoms with Gasteiger partial charge >= 0.3 is 5.97 Å². The van der Waals surface area contributed by atoms with Crippen LogP contribution in [-0.4, -0.2) is 12.6 Å². The highest BCUT2D eigenvalue weighted by Crippen LogP contribution is 2.11. The predicted molar refractivity (Wildman–Crippen MR) is 56.0 cm³/mol. The molecule has 0 aliphatic rings. The van der Waals surface area contributed by atoms with Crippen molar-refractivity contribution in [2.75, 3.05) is 12.3 Å². The molecule has 0 heterocycles. The van der Waals surface area contributed by atoms with Gasteiger partial charge in [0.25, 0.3) is 0 Å². The van der Waals surface area contributed by atoms with Crippen LogP contribution in [0.1, 0.15) is 17.3 Å². The summed E-state index contributed by atoms with van der Waals surface area (Å²) in [5.41, 5.74) is 7.23. The van der Waals surface area contributed by atoms with Crippen LogP contribution in [0.4, 0.5) is 5.69 Å². The summed E-state index contributed by atoms with van der Waals surface area (Å²) >= 11 is 0. The molecule has 1 aromatic carbocycles. The molecule has 14 heavy (non-hydrogen) atoms. The first-order valence-electron chi connectivity index (χ1n) is 4.27. The van der Waals surface area contributed by atoms with Gasteiger partial charge in [-0.05, 0) is 24.6 Å². The summed E-state index contributed by atoms with van der Waals surface area (Å²) in [5.74, 6) is -0.411. The van der Waals surface area contributed by atoms with E-state index >= 15 is 0 Å². The van der Waals surface area contributed by atoms with Gasteiger partial charge in [-0.25, -0.2) is 4.79 Å². The Balaban J connectivity index is 2.70. The number of para-hydroxylation sites is 1. The number of benzene rings is 1. The Morgan fingerprint density at radius 2 is 2.14 bits per heavy atom. The summed E-state index contributed by atoms with van der Waals surface area (Å²) in [5, 5.41) is 0. The number of anilines is 1. The molecule has 0 aliphatic heterocycles. The minimum Gasteiger partial charge on any atom is -0.458 e. The van der Waals surface area contributed by atoms with E-state index < -0.39 is 5.97 Å². The smallest absolute Gasteiger partial charge is 0.340 e. The number of hydrogen-bond acceptors (Lipinski definition) is 3. The van der Waals surface area contributed by atoms with Crippen LogP contribution in [0.25, 0.3) is 0 Å². The van der Waals surface area contributed by atoms with Crippen LogP contribution < -0.4 is 5.73 Å². The number of carbonyl (C=O) groups is 1. The minimum absolute atomic E-state index is 0.229. The molecule has 0 radical (unpaired) electrons. The summed E-state index contributed by atoms with van der Waals surface area (Å²) < 4.78 is 4.95. The topological polar surface area (TPSA) is 52.3 Å². The third kappa shape index (κ3) is 2.62. The Bertz CT molecular complexity index is 358. The van der Waals surface area contributed by atoms with E-state index in [0.717, 1.165) is 5.57 Å². The van der Waals surface area contributed by atoms with Crippen molar-refractivity contribution in [3.8, 4) is 0 Å². The highest BCUT2D eigenvalue weighted by molar-refractivity contribution is 5.95. The van der Waals surface area contributed by atoms with Crippen molar-refractivity contribution in [2.24, 2.45) is 0 Å². The van der Waals surface area contributed by atoms with Crippen LogP contribution in [0.3, 0.4) is 0 Å². The normalized spacial score (nSPS) is 9.50. The molecule has 3 nitrogen and oxygen atoms in total. The van der Waals surface area contributed by atoms with Crippen LogP contribution in [0.15, 0.2) is 36.4 Å². The van der Waals surface area contributed by atoms with Gasteiger partial charge in [0.2, 0.25) is 0 Å². The van der Waals surface area contributed by atoms with Gasteiger partial charge in [0.15, 0.2) is 0 Å². The van der Waals surface area contributed by atoms with Crippen LogP contribution in [-0.2, 0) is 4.74 Å². The molecule has 0 unspecified atom stereocenters. The number of rotatable bonds is 3. The minimum atomic E-state index is -0.411. The van der Waals surface area contributed by atoms with Crippen molar-refractivity contribution < 1.29 is 9.53 Å². The lowest BCUT2D eigenvalue weighted by atomic mass is 10.2. The Morgan fingerprint density at radius 1 is 1.50 bits per heavy atom. The van der Waals surface area contributed by atoms with Gasteiger partial charge in [-0.15, -0.1) is 0 Å². The van der Waals surface area contributed by atoms with Crippen molar-refractivity contribution in [3.05, 3.63) is 42.0 Å². The standard InChI is InChI=1S/C11H13NO2/c1-8(2)7-14-11(13)9-5-3-4-6-10(9)12/h3-6H,1,7,12H2,2H3. The number of nitrogens with two attached hydrogens (primary N) is 1. The third-order valence-electron chi connectivity index (χ3n) is 1.63. The second-order valence-corrected chi connectivity index (χ2v) is 3.12. The molecule has 0 saturated carbocycles. The van der Waals surface area contributed by atoms with Gasteiger partial charge in [-0.1, -0.05) is 18.7 Å². The van der Waals surface area contributed by atoms with E-state index in [-0.39, 0.29) is 6.61 Å². The average Bonchev–Trinajstić information content (AvgIpc) is 2.15. The van der Waals surface area contributed by atoms with E-state index in [0.29, 0.717) is 11.3 Å². The summed E-state index contributed by atoms with van der Waals surface area (Å²) in [6, 6.07) is 6.81. The maximum Gasteiger partial charge on any atom is 0.340 e. The number of hydrogen-bond donors (Lipinski definition) is 1. The zero-order valence-electron chi connectivity index (χ0n) is 8.12. The highest BCUT2D eigenvalue weighted by atomic mass is 16.5. The summed E-state index contributed by atoms with van der Waals surface area (Å²) in [4.78, 5) is 11.4. The Morgan fingerprint density at radius 3 is 2.71 bits per heavy atom.